The molecule has 2 heterocycles. The number of furan rings is 1. The first-order valence-electron chi connectivity index (χ1n) is 4.77. The second-order valence-electron chi connectivity index (χ2n) is 3.44. The fourth-order valence-corrected chi connectivity index (χ4v) is 1.59. The highest BCUT2D eigenvalue weighted by Gasteiger charge is 2.13. The Bertz CT molecular complexity index is 227. The summed E-state index contributed by atoms with van der Waals surface area (Å²) in [6, 6.07) is 2.49. The van der Waals surface area contributed by atoms with Crippen molar-refractivity contribution in [1.29, 1.82) is 0 Å². The lowest BCUT2D eigenvalue weighted by Crippen LogP contribution is -2.26. The van der Waals surface area contributed by atoms with Crippen molar-refractivity contribution in [2.45, 2.75) is 25.5 Å². The molecule has 0 bridgehead atoms. The molecule has 1 atom stereocenters. The molecule has 1 aromatic heterocycles. The third kappa shape index (κ3) is 2.57. The summed E-state index contributed by atoms with van der Waals surface area (Å²) in [5, 5.41) is 3.39. The van der Waals surface area contributed by atoms with Gasteiger partial charge in [0, 0.05) is 11.6 Å². The Kier molecular flexibility index (Phi) is 3.00. The van der Waals surface area contributed by atoms with E-state index < -0.39 is 0 Å². The van der Waals surface area contributed by atoms with Gasteiger partial charge in [0.15, 0.2) is 0 Å². The molecular weight excluding hydrogens is 166 g/mol. The van der Waals surface area contributed by atoms with Crippen LogP contribution in [0.25, 0.3) is 0 Å². The van der Waals surface area contributed by atoms with E-state index in [9.17, 15) is 0 Å². The molecule has 0 amide bonds. The van der Waals surface area contributed by atoms with Crippen molar-refractivity contribution in [3.8, 4) is 0 Å². The highest BCUT2D eigenvalue weighted by molar-refractivity contribution is 5.03. The first-order valence-corrected chi connectivity index (χ1v) is 4.77. The van der Waals surface area contributed by atoms with Crippen LogP contribution in [0.4, 0.5) is 0 Å². The van der Waals surface area contributed by atoms with Gasteiger partial charge in [-0.1, -0.05) is 0 Å². The Morgan fingerprint density at radius 3 is 3.31 bits per heavy atom. The Morgan fingerprint density at radius 2 is 2.62 bits per heavy atom. The van der Waals surface area contributed by atoms with Crippen LogP contribution in [-0.2, 0) is 11.3 Å². The molecule has 1 saturated heterocycles. The van der Waals surface area contributed by atoms with Crippen LogP contribution in [0, 0.1) is 0 Å². The number of hydrogen-bond donors (Lipinski definition) is 1. The highest BCUT2D eigenvalue weighted by atomic mass is 16.5. The van der Waals surface area contributed by atoms with E-state index in [4.69, 9.17) is 9.15 Å². The minimum absolute atomic E-state index is 0.562. The van der Waals surface area contributed by atoms with E-state index in [2.05, 4.69) is 5.32 Å². The van der Waals surface area contributed by atoms with Gasteiger partial charge >= 0.3 is 0 Å². The van der Waals surface area contributed by atoms with Gasteiger partial charge < -0.3 is 14.5 Å². The molecule has 2 rings (SSSR count). The molecule has 13 heavy (non-hydrogen) atoms. The molecule has 1 N–H and O–H groups in total. The molecular formula is C10H15NO2. The normalized spacial score (nSPS) is 22.3. The van der Waals surface area contributed by atoms with Crippen LogP contribution < -0.4 is 5.32 Å². The van der Waals surface area contributed by atoms with Gasteiger partial charge in [-0.2, -0.15) is 0 Å². The summed E-state index contributed by atoms with van der Waals surface area (Å²) in [6.45, 7) is 2.61. The summed E-state index contributed by atoms with van der Waals surface area (Å²) >= 11 is 0. The molecule has 1 aromatic rings. The van der Waals surface area contributed by atoms with Gasteiger partial charge in [0.25, 0.3) is 0 Å². The fourth-order valence-electron chi connectivity index (χ4n) is 1.59. The van der Waals surface area contributed by atoms with E-state index in [-0.39, 0.29) is 0 Å². The molecule has 0 aliphatic carbocycles. The van der Waals surface area contributed by atoms with Gasteiger partial charge in [-0.05, 0) is 25.5 Å². The summed E-state index contributed by atoms with van der Waals surface area (Å²) in [5.41, 5.74) is 1.11. The minimum Gasteiger partial charge on any atom is -0.472 e. The summed E-state index contributed by atoms with van der Waals surface area (Å²) in [5.74, 6) is 0. The monoisotopic (exact) mass is 181 g/mol. The maximum Gasteiger partial charge on any atom is 0.0957 e. The van der Waals surface area contributed by atoms with Crippen LogP contribution in [0.1, 0.15) is 18.4 Å². The van der Waals surface area contributed by atoms with E-state index in [1.807, 2.05) is 6.07 Å². The van der Waals surface area contributed by atoms with Crippen molar-refractivity contribution in [1.82, 2.24) is 5.32 Å². The van der Waals surface area contributed by atoms with E-state index in [1.165, 1.54) is 12.8 Å². The van der Waals surface area contributed by atoms with Gasteiger partial charge in [0.1, 0.15) is 0 Å². The highest BCUT2D eigenvalue weighted by Crippen LogP contribution is 2.07. The molecule has 72 valence electrons. The van der Waals surface area contributed by atoms with Crippen LogP contribution in [0.15, 0.2) is 23.0 Å². The predicted octanol–water partition coefficient (Wildman–Crippen LogP) is 1.55. The molecule has 0 aromatic carbocycles. The van der Waals surface area contributed by atoms with Crippen molar-refractivity contribution < 1.29 is 9.15 Å². The van der Waals surface area contributed by atoms with Crippen LogP contribution in [0.5, 0.6) is 0 Å². The average molecular weight is 181 g/mol. The lowest BCUT2D eigenvalue weighted by atomic mass is 10.2. The van der Waals surface area contributed by atoms with E-state index in [1.54, 1.807) is 12.5 Å². The molecule has 1 fully saturated rings. The molecule has 0 spiro atoms. The summed E-state index contributed by atoms with van der Waals surface area (Å²) in [4.78, 5) is 0. The second kappa shape index (κ2) is 4.44. The minimum atomic E-state index is 0.562. The number of hydrogen-bond acceptors (Lipinski definition) is 3. The van der Waals surface area contributed by atoms with Crippen molar-refractivity contribution >= 4 is 0 Å². The predicted molar refractivity (Wildman–Crippen MR) is 49.4 cm³/mol. The zero-order valence-corrected chi connectivity index (χ0v) is 7.66. The topological polar surface area (TPSA) is 34.4 Å². The second-order valence-corrected chi connectivity index (χ2v) is 3.44. The van der Waals surface area contributed by atoms with Crippen LogP contribution in [0.2, 0.25) is 0 Å². The SMILES string of the molecule is c1cc(COCC2CCCN2)co1. The molecule has 1 unspecified atom stereocenters. The lowest BCUT2D eigenvalue weighted by Gasteiger charge is -2.09. The Morgan fingerprint density at radius 1 is 1.62 bits per heavy atom. The summed E-state index contributed by atoms with van der Waals surface area (Å²) in [6.07, 6.45) is 5.92. The molecule has 0 saturated carbocycles. The maximum absolute atomic E-state index is 5.54. The van der Waals surface area contributed by atoms with Gasteiger partial charge in [-0.25, -0.2) is 0 Å². The van der Waals surface area contributed by atoms with Crippen LogP contribution in [0.3, 0.4) is 0 Å². The third-order valence-corrected chi connectivity index (χ3v) is 2.33. The Labute approximate surface area is 78.1 Å². The number of nitrogens with one attached hydrogen (secondary N) is 1. The quantitative estimate of drug-likeness (QED) is 0.765. The van der Waals surface area contributed by atoms with Gasteiger partial charge in [-0.3, -0.25) is 0 Å². The van der Waals surface area contributed by atoms with Crippen molar-refractivity contribution in [3.63, 3.8) is 0 Å². The molecule has 3 heteroatoms. The Balaban J connectivity index is 1.63. The van der Waals surface area contributed by atoms with Crippen molar-refractivity contribution in [2.24, 2.45) is 0 Å². The van der Waals surface area contributed by atoms with Crippen LogP contribution in [-0.4, -0.2) is 19.2 Å². The average Bonchev–Trinajstić information content (AvgIpc) is 2.75. The number of rotatable bonds is 4. The van der Waals surface area contributed by atoms with Gasteiger partial charge in [0.05, 0.1) is 25.7 Å². The van der Waals surface area contributed by atoms with Gasteiger partial charge in [-0.15, -0.1) is 0 Å². The largest absolute Gasteiger partial charge is 0.472 e. The molecule has 3 nitrogen and oxygen atoms in total. The third-order valence-electron chi connectivity index (χ3n) is 2.33. The van der Waals surface area contributed by atoms with Gasteiger partial charge in [0.2, 0.25) is 0 Å². The van der Waals surface area contributed by atoms with Crippen molar-refractivity contribution in [3.05, 3.63) is 24.2 Å². The zero-order chi connectivity index (χ0) is 8.93. The van der Waals surface area contributed by atoms with E-state index >= 15 is 0 Å². The van der Waals surface area contributed by atoms with E-state index in [0.29, 0.717) is 12.6 Å². The van der Waals surface area contributed by atoms with Crippen molar-refractivity contribution in [2.75, 3.05) is 13.2 Å². The lowest BCUT2D eigenvalue weighted by molar-refractivity contribution is 0.103. The zero-order valence-electron chi connectivity index (χ0n) is 7.66. The molecule has 1 aliphatic heterocycles. The molecule has 1 aliphatic rings. The standard InChI is InChI=1S/C10H15NO2/c1-2-10(11-4-1)8-13-7-9-3-5-12-6-9/h3,5-6,10-11H,1-2,4,7-8H2. The maximum atomic E-state index is 5.54. The van der Waals surface area contributed by atoms with Crippen LogP contribution >= 0.6 is 0 Å². The summed E-state index contributed by atoms with van der Waals surface area (Å²) < 4.78 is 10.5. The first-order chi connectivity index (χ1) is 6.45. The fraction of sp³-hybridized carbons (Fsp3) is 0.600. The van der Waals surface area contributed by atoms with E-state index in [0.717, 1.165) is 18.7 Å². The molecule has 0 radical (unpaired) electrons. The first kappa shape index (κ1) is 8.78. The smallest absolute Gasteiger partial charge is 0.0957 e. The Hall–Kier alpha value is -0.800. The number of ether oxygens (including phenoxy) is 1. The summed E-state index contributed by atoms with van der Waals surface area (Å²) in [7, 11) is 0.